The summed E-state index contributed by atoms with van der Waals surface area (Å²) in [6, 6.07) is 12.1. The molecule has 3 nitrogen and oxygen atoms in total. The fraction of sp³-hybridized carbons (Fsp3) is 0.235. The Kier molecular flexibility index (Phi) is 3.97. The normalized spacial score (nSPS) is 14.4. The number of hydrogen-bond donors (Lipinski definition) is 0. The number of amides is 1. The average Bonchev–Trinajstić information content (AvgIpc) is 3.14. The zero-order valence-electron chi connectivity index (χ0n) is 11.9. The number of carbonyl (C=O) groups is 1. The molecule has 1 amide bonds. The molecule has 0 saturated heterocycles. The minimum absolute atomic E-state index is 0.0877. The second-order valence-corrected chi connectivity index (χ2v) is 6.03. The van der Waals surface area contributed by atoms with Gasteiger partial charge in [-0.25, -0.2) is 0 Å². The average molecular weight is 345 g/mol. The Labute approximate surface area is 133 Å². The first kappa shape index (κ1) is 14.1. The van der Waals surface area contributed by atoms with Gasteiger partial charge in [0.2, 0.25) is 0 Å². The van der Waals surface area contributed by atoms with Gasteiger partial charge in [-0.2, -0.15) is 0 Å². The fourth-order valence-electron chi connectivity index (χ4n) is 2.65. The van der Waals surface area contributed by atoms with Crippen molar-refractivity contribution in [1.29, 1.82) is 0 Å². The van der Waals surface area contributed by atoms with Gasteiger partial charge in [-0.1, -0.05) is 36.4 Å². The number of rotatable bonds is 3. The highest BCUT2D eigenvalue weighted by atomic mass is 79.9. The van der Waals surface area contributed by atoms with E-state index < -0.39 is 0 Å². The number of nitrogens with zero attached hydrogens (tertiary/aromatic N) is 2. The standard InChI is InChI=1S/C17H17BrN2O/c1-2-19-12-15(18)10-16(19)17(21)20-9-8-14(11-20)13-6-4-3-5-7-13/h3-8,10,12H,2,9,11H2,1H3. The van der Waals surface area contributed by atoms with Gasteiger partial charge in [0, 0.05) is 30.3 Å². The lowest BCUT2D eigenvalue weighted by Crippen LogP contribution is -2.30. The molecule has 2 heterocycles. The number of halogens is 1. The lowest BCUT2D eigenvalue weighted by atomic mass is 10.1. The van der Waals surface area contributed by atoms with E-state index in [1.165, 1.54) is 11.1 Å². The molecule has 1 aliphatic rings. The summed E-state index contributed by atoms with van der Waals surface area (Å²) in [5, 5.41) is 0. The topological polar surface area (TPSA) is 25.2 Å². The van der Waals surface area contributed by atoms with Crippen molar-refractivity contribution in [1.82, 2.24) is 9.47 Å². The summed E-state index contributed by atoms with van der Waals surface area (Å²) in [7, 11) is 0. The van der Waals surface area contributed by atoms with E-state index in [1.807, 2.05) is 46.9 Å². The van der Waals surface area contributed by atoms with Crippen molar-refractivity contribution in [3.63, 3.8) is 0 Å². The predicted molar refractivity (Wildman–Crippen MR) is 88.1 cm³/mol. The second kappa shape index (κ2) is 5.90. The summed E-state index contributed by atoms with van der Waals surface area (Å²) in [5.41, 5.74) is 3.16. The van der Waals surface area contributed by atoms with Crippen molar-refractivity contribution >= 4 is 27.4 Å². The van der Waals surface area contributed by atoms with E-state index in [4.69, 9.17) is 0 Å². The van der Waals surface area contributed by atoms with E-state index in [1.54, 1.807) is 0 Å². The summed E-state index contributed by atoms with van der Waals surface area (Å²) in [4.78, 5) is 14.6. The van der Waals surface area contributed by atoms with Gasteiger partial charge >= 0.3 is 0 Å². The first-order valence-corrected chi connectivity index (χ1v) is 7.87. The minimum atomic E-state index is 0.0877. The summed E-state index contributed by atoms with van der Waals surface area (Å²) in [5.74, 6) is 0.0877. The third kappa shape index (κ3) is 2.81. The van der Waals surface area contributed by atoms with Gasteiger partial charge in [0.15, 0.2) is 0 Å². The molecule has 108 valence electrons. The first-order valence-electron chi connectivity index (χ1n) is 7.08. The zero-order valence-corrected chi connectivity index (χ0v) is 13.5. The van der Waals surface area contributed by atoms with Crippen molar-refractivity contribution in [2.24, 2.45) is 0 Å². The molecule has 1 aliphatic heterocycles. The Balaban J connectivity index is 1.77. The summed E-state index contributed by atoms with van der Waals surface area (Å²) in [6.07, 6.45) is 4.09. The highest BCUT2D eigenvalue weighted by Gasteiger charge is 2.23. The molecule has 4 heteroatoms. The Morgan fingerprint density at radius 1 is 1.29 bits per heavy atom. The largest absolute Gasteiger partial charge is 0.343 e. The van der Waals surface area contributed by atoms with Crippen LogP contribution in [0.25, 0.3) is 5.57 Å². The van der Waals surface area contributed by atoms with Gasteiger partial charge < -0.3 is 9.47 Å². The van der Waals surface area contributed by atoms with E-state index in [0.717, 1.165) is 16.7 Å². The van der Waals surface area contributed by atoms with E-state index in [9.17, 15) is 4.79 Å². The van der Waals surface area contributed by atoms with Crippen LogP contribution in [0, 0.1) is 0 Å². The SMILES string of the molecule is CCn1cc(Br)cc1C(=O)N1CC=C(c2ccccc2)C1. The Morgan fingerprint density at radius 3 is 2.76 bits per heavy atom. The molecule has 0 N–H and O–H groups in total. The van der Waals surface area contributed by atoms with Gasteiger partial charge in [-0.05, 0) is 40.1 Å². The van der Waals surface area contributed by atoms with Crippen molar-refractivity contribution in [2.45, 2.75) is 13.5 Å². The van der Waals surface area contributed by atoms with Crippen LogP contribution < -0.4 is 0 Å². The zero-order chi connectivity index (χ0) is 14.8. The van der Waals surface area contributed by atoms with Crippen LogP contribution in [-0.4, -0.2) is 28.5 Å². The summed E-state index contributed by atoms with van der Waals surface area (Å²) in [6.45, 7) is 4.19. The Bertz CT molecular complexity index is 688. The number of aromatic nitrogens is 1. The van der Waals surface area contributed by atoms with E-state index >= 15 is 0 Å². The van der Waals surface area contributed by atoms with Crippen molar-refractivity contribution < 1.29 is 4.79 Å². The number of hydrogen-bond acceptors (Lipinski definition) is 1. The molecule has 0 radical (unpaired) electrons. The quantitative estimate of drug-likeness (QED) is 0.831. The monoisotopic (exact) mass is 344 g/mol. The molecule has 3 rings (SSSR count). The lowest BCUT2D eigenvalue weighted by molar-refractivity contribution is 0.0791. The number of benzene rings is 1. The predicted octanol–water partition coefficient (Wildman–Crippen LogP) is 3.81. The van der Waals surface area contributed by atoms with E-state index in [0.29, 0.717) is 13.1 Å². The molecule has 0 saturated carbocycles. The molecule has 0 aliphatic carbocycles. The van der Waals surface area contributed by atoms with Gasteiger partial charge in [0.25, 0.3) is 5.91 Å². The Hall–Kier alpha value is -1.81. The molecule has 2 aromatic rings. The Morgan fingerprint density at radius 2 is 2.05 bits per heavy atom. The van der Waals surface area contributed by atoms with Crippen LogP contribution in [0.4, 0.5) is 0 Å². The van der Waals surface area contributed by atoms with E-state index in [2.05, 4.69) is 34.1 Å². The van der Waals surface area contributed by atoms with Crippen LogP contribution in [0.2, 0.25) is 0 Å². The first-order chi connectivity index (χ1) is 10.2. The maximum Gasteiger partial charge on any atom is 0.271 e. The van der Waals surface area contributed by atoms with Gasteiger partial charge in [0.1, 0.15) is 5.69 Å². The summed E-state index contributed by atoms with van der Waals surface area (Å²) < 4.78 is 2.93. The molecule has 0 spiro atoms. The smallest absolute Gasteiger partial charge is 0.271 e. The van der Waals surface area contributed by atoms with Gasteiger partial charge in [-0.15, -0.1) is 0 Å². The molecule has 0 fully saturated rings. The second-order valence-electron chi connectivity index (χ2n) is 5.11. The van der Waals surface area contributed by atoms with Gasteiger partial charge in [-0.3, -0.25) is 4.79 Å². The van der Waals surface area contributed by atoms with Gasteiger partial charge in [0.05, 0.1) is 0 Å². The molecule has 1 aromatic carbocycles. The number of carbonyl (C=O) groups excluding carboxylic acids is 1. The molecule has 0 unspecified atom stereocenters. The molecule has 1 aromatic heterocycles. The highest BCUT2D eigenvalue weighted by molar-refractivity contribution is 9.10. The maximum atomic E-state index is 12.7. The minimum Gasteiger partial charge on any atom is -0.343 e. The van der Waals surface area contributed by atoms with Crippen molar-refractivity contribution in [3.05, 3.63) is 64.4 Å². The third-order valence-corrected chi connectivity index (χ3v) is 4.21. The molecular formula is C17H17BrN2O. The number of aryl methyl sites for hydroxylation is 1. The van der Waals surface area contributed by atoms with Crippen LogP contribution in [0.3, 0.4) is 0 Å². The fourth-order valence-corrected chi connectivity index (χ4v) is 3.11. The third-order valence-electron chi connectivity index (χ3n) is 3.77. The van der Waals surface area contributed by atoms with Crippen LogP contribution >= 0.6 is 15.9 Å². The molecule has 21 heavy (non-hydrogen) atoms. The van der Waals surface area contributed by atoms with Crippen LogP contribution in [0.15, 0.2) is 53.1 Å². The van der Waals surface area contributed by atoms with Crippen LogP contribution in [0.5, 0.6) is 0 Å². The van der Waals surface area contributed by atoms with Crippen LogP contribution in [0.1, 0.15) is 23.0 Å². The van der Waals surface area contributed by atoms with Crippen LogP contribution in [-0.2, 0) is 6.54 Å². The lowest BCUT2D eigenvalue weighted by Gasteiger charge is -2.17. The molecular weight excluding hydrogens is 328 g/mol. The van der Waals surface area contributed by atoms with Crippen molar-refractivity contribution in [2.75, 3.05) is 13.1 Å². The molecule has 0 atom stereocenters. The van der Waals surface area contributed by atoms with E-state index in [-0.39, 0.29) is 5.91 Å². The summed E-state index contributed by atoms with van der Waals surface area (Å²) >= 11 is 3.44. The maximum absolute atomic E-state index is 12.7. The molecule has 0 bridgehead atoms. The highest BCUT2D eigenvalue weighted by Crippen LogP contribution is 2.23. The van der Waals surface area contributed by atoms with Crippen molar-refractivity contribution in [3.8, 4) is 0 Å².